The summed E-state index contributed by atoms with van der Waals surface area (Å²) >= 11 is 0. The Kier molecular flexibility index (Phi) is 2.49. The highest BCUT2D eigenvalue weighted by Crippen LogP contribution is 2.18. The van der Waals surface area contributed by atoms with Crippen molar-refractivity contribution in [2.45, 2.75) is 0 Å². The Morgan fingerprint density at radius 2 is 2.13 bits per heavy atom. The van der Waals surface area contributed by atoms with Gasteiger partial charge in [-0.3, -0.25) is 9.78 Å². The molecule has 0 aliphatic carbocycles. The van der Waals surface area contributed by atoms with Gasteiger partial charge in [0.05, 0.1) is 0 Å². The monoisotopic (exact) mass is 201 g/mol. The van der Waals surface area contributed by atoms with Gasteiger partial charge in [0.15, 0.2) is 0 Å². The van der Waals surface area contributed by atoms with Gasteiger partial charge < -0.3 is 11.1 Å². The number of carbonyl (C=O) groups is 1. The number of allylic oxidation sites excluding steroid dienone is 2. The Hall–Kier alpha value is -2.10. The van der Waals surface area contributed by atoms with E-state index in [2.05, 4.69) is 10.3 Å². The number of hydrogen-bond acceptors (Lipinski definition) is 3. The van der Waals surface area contributed by atoms with Gasteiger partial charge >= 0.3 is 0 Å². The molecule has 0 fully saturated rings. The zero-order chi connectivity index (χ0) is 10.7. The molecule has 1 aliphatic heterocycles. The van der Waals surface area contributed by atoms with E-state index in [0.717, 1.165) is 11.1 Å². The van der Waals surface area contributed by atoms with Crippen LogP contribution in [0.1, 0.15) is 5.56 Å². The number of nitrogens with zero attached hydrogens (tertiary/aromatic N) is 1. The predicted octanol–water partition coefficient (Wildman–Crippen LogP) is 0.437. The van der Waals surface area contributed by atoms with Crippen molar-refractivity contribution in [3.8, 4) is 0 Å². The molecular weight excluding hydrogens is 190 g/mol. The Morgan fingerprint density at radius 1 is 1.40 bits per heavy atom. The molecule has 4 heteroatoms. The van der Waals surface area contributed by atoms with Gasteiger partial charge in [-0.1, -0.05) is 0 Å². The van der Waals surface area contributed by atoms with Crippen LogP contribution in [0.15, 0.2) is 42.4 Å². The van der Waals surface area contributed by atoms with E-state index >= 15 is 0 Å². The van der Waals surface area contributed by atoms with Crippen LogP contribution in [0.5, 0.6) is 0 Å². The number of nitrogens with one attached hydrogen (secondary N) is 1. The summed E-state index contributed by atoms with van der Waals surface area (Å²) in [5, 5.41) is 3.01. The average Bonchev–Trinajstić information content (AvgIpc) is 2.30. The summed E-state index contributed by atoms with van der Waals surface area (Å²) in [4.78, 5) is 14.9. The molecule has 4 nitrogen and oxygen atoms in total. The fourth-order valence-electron chi connectivity index (χ4n) is 1.42. The molecule has 0 saturated carbocycles. The first-order chi connectivity index (χ1) is 7.27. The predicted molar refractivity (Wildman–Crippen MR) is 57.5 cm³/mol. The van der Waals surface area contributed by atoms with Crippen LogP contribution in [0.2, 0.25) is 0 Å². The van der Waals surface area contributed by atoms with Crippen LogP contribution >= 0.6 is 0 Å². The Balaban J connectivity index is 2.32. The first kappa shape index (κ1) is 9.45. The molecule has 0 spiro atoms. The van der Waals surface area contributed by atoms with E-state index in [1.807, 2.05) is 18.3 Å². The lowest BCUT2D eigenvalue weighted by Crippen LogP contribution is -2.25. The minimum absolute atomic E-state index is 0.387. The number of hydrogen-bond donors (Lipinski definition) is 2. The van der Waals surface area contributed by atoms with Gasteiger partial charge in [-0.15, -0.1) is 0 Å². The summed E-state index contributed by atoms with van der Waals surface area (Å²) in [5.41, 5.74) is 7.76. The van der Waals surface area contributed by atoms with Gasteiger partial charge in [-0.05, 0) is 29.3 Å². The van der Waals surface area contributed by atoms with Gasteiger partial charge in [0.1, 0.15) is 0 Å². The molecule has 1 amide bonds. The maximum Gasteiger partial charge on any atom is 0.246 e. The van der Waals surface area contributed by atoms with E-state index in [1.54, 1.807) is 18.5 Å². The van der Waals surface area contributed by atoms with E-state index in [1.165, 1.54) is 0 Å². The van der Waals surface area contributed by atoms with Crippen molar-refractivity contribution in [2.24, 2.45) is 5.73 Å². The number of nitrogens with two attached hydrogens (primary N) is 1. The molecule has 1 aliphatic rings. The van der Waals surface area contributed by atoms with Crippen LogP contribution in [-0.2, 0) is 4.79 Å². The Morgan fingerprint density at radius 3 is 2.80 bits per heavy atom. The molecule has 1 aromatic rings. The Labute approximate surface area is 87.5 Å². The lowest BCUT2D eigenvalue weighted by molar-refractivity contribution is -0.114. The van der Waals surface area contributed by atoms with Gasteiger partial charge in [0, 0.05) is 30.7 Å². The van der Waals surface area contributed by atoms with Crippen molar-refractivity contribution in [3.63, 3.8) is 0 Å². The summed E-state index contributed by atoms with van der Waals surface area (Å²) in [6, 6.07) is 3.77. The van der Waals surface area contributed by atoms with Gasteiger partial charge in [0.2, 0.25) is 5.91 Å². The molecule has 0 atom stereocenters. The minimum Gasteiger partial charge on any atom is -0.386 e. The largest absolute Gasteiger partial charge is 0.386 e. The van der Waals surface area contributed by atoms with Crippen LogP contribution < -0.4 is 11.1 Å². The number of primary amides is 1. The molecule has 76 valence electrons. The number of aromatic nitrogens is 1. The SMILES string of the molecule is NC(=O)C1=CC(c2ccncc2)=CNC1. The van der Waals surface area contributed by atoms with Crippen molar-refractivity contribution in [3.05, 3.63) is 47.9 Å². The fraction of sp³-hybridized carbons (Fsp3) is 0.0909. The molecule has 0 saturated heterocycles. The van der Waals surface area contributed by atoms with Crippen LogP contribution in [-0.4, -0.2) is 17.4 Å². The lowest BCUT2D eigenvalue weighted by Gasteiger charge is -2.13. The quantitative estimate of drug-likeness (QED) is 0.729. The second-order valence-corrected chi connectivity index (χ2v) is 3.25. The summed E-state index contributed by atoms with van der Waals surface area (Å²) in [6.45, 7) is 0.490. The van der Waals surface area contributed by atoms with Crippen molar-refractivity contribution in [1.82, 2.24) is 10.3 Å². The van der Waals surface area contributed by atoms with E-state index < -0.39 is 0 Å². The second kappa shape index (κ2) is 3.96. The number of pyridine rings is 1. The van der Waals surface area contributed by atoms with Crippen LogP contribution in [0.4, 0.5) is 0 Å². The first-order valence-corrected chi connectivity index (χ1v) is 4.62. The molecule has 0 unspecified atom stereocenters. The van der Waals surface area contributed by atoms with Crippen molar-refractivity contribution in [2.75, 3.05) is 6.54 Å². The summed E-state index contributed by atoms with van der Waals surface area (Å²) in [5.74, 6) is -0.387. The van der Waals surface area contributed by atoms with Gasteiger partial charge in [-0.25, -0.2) is 0 Å². The maximum atomic E-state index is 11.0. The highest BCUT2D eigenvalue weighted by Gasteiger charge is 2.10. The van der Waals surface area contributed by atoms with Crippen LogP contribution in [0.25, 0.3) is 5.57 Å². The number of dihydropyridines is 1. The fourth-order valence-corrected chi connectivity index (χ4v) is 1.42. The smallest absolute Gasteiger partial charge is 0.246 e. The topological polar surface area (TPSA) is 68.0 Å². The second-order valence-electron chi connectivity index (χ2n) is 3.25. The highest BCUT2D eigenvalue weighted by molar-refractivity contribution is 5.96. The standard InChI is InChI=1S/C11H11N3O/c12-11(15)10-5-9(6-14-7-10)8-1-3-13-4-2-8/h1-6,14H,7H2,(H2,12,15). The maximum absolute atomic E-state index is 11.0. The van der Waals surface area contributed by atoms with Gasteiger partial charge in [0.25, 0.3) is 0 Å². The number of amides is 1. The summed E-state index contributed by atoms with van der Waals surface area (Å²) < 4.78 is 0. The third kappa shape index (κ3) is 2.04. The van der Waals surface area contributed by atoms with Crippen LogP contribution in [0, 0.1) is 0 Å². The molecular formula is C11H11N3O. The van der Waals surface area contributed by atoms with Crippen molar-refractivity contribution in [1.29, 1.82) is 0 Å². The van der Waals surface area contributed by atoms with Gasteiger partial charge in [-0.2, -0.15) is 0 Å². The van der Waals surface area contributed by atoms with Crippen molar-refractivity contribution >= 4 is 11.5 Å². The average molecular weight is 201 g/mol. The van der Waals surface area contributed by atoms with E-state index in [4.69, 9.17) is 5.73 Å². The number of rotatable bonds is 2. The number of carbonyl (C=O) groups excluding carboxylic acids is 1. The first-order valence-electron chi connectivity index (χ1n) is 4.62. The molecule has 3 N–H and O–H groups in total. The molecule has 1 aromatic heterocycles. The van der Waals surface area contributed by atoms with Crippen molar-refractivity contribution < 1.29 is 4.79 Å². The normalized spacial score (nSPS) is 14.9. The highest BCUT2D eigenvalue weighted by atomic mass is 16.1. The molecule has 0 aromatic carbocycles. The molecule has 2 rings (SSSR count). The third-order valence-corrected chi connectivity index (χ3v) is 2.21. The zero-order valence-electron chi connectivity index (χ0n) is 8.10. The Bertz CT molecular complexity index is 434. The molecule has 0 bridgehead atoms. The van der Waals surface area contributed by atoms with E-state index in [9.17, 15) is 4.79 Å². The van der Waals surface area contributed by atoms with E-state index in [-0.39, 0.29) is 5.91 Å². The molecule has 0 radical (unpaired) electrons. The molecule has 15 heavy (non-hydrogen) atoms. The van der Waals surface area contributed by atoms with E-state index in [0.29, 0.717) is 12.1 Å². The minimum atomic E-state index is -0.387. The third-order valence-electron chi connectivity index (χ3n) is 2.21. The summed E-state index contributed by atoms with van der Waals surface area (Å²) in [6.07, 6.45) is 7.08. The summed E-state index contributed by atoms with van der Waals surface area (Å²) in [7, 11) is 0. The lowest BCUT2D eigenvalue weighted by atomic mass is 10.0. The van der Waals surface area contributed by atoms with Crippen LogP contribution in [0.3, 0.4) is 0 Å². The zero-order valence-corrected chi connectivity index (χ0v) is 8.10. The molecule has 2 heterocycles.